The van der Waals surface area contributed by atoms with Crippen molar-refractivity contribution in [3.05, 3.63) is 102 Å². The maximum Gasteiger partial charge on any atom is 0.251 e. The molecular weight excluding hydrogens is 376 g/mol. The van der Waals surface area contributed by atoms with Gasteiger partial charge in [0.2, 0.25) is 5.91 Å². The third-order valence-electron chi connectivity index (χ3n) is 4.81. The number of nitrogens with one attached hydrogen (secondary N) is 1. The highest BCUT2D eigenvalue weighted by molar-refractivity contribution is 5.96. The van der Waals surface area contributed by atoms with Crippen LogP contribution in [0, 0.1) is 0 Å². The van der Waals surface area contributed by atoms with E-state index < -0.39 is 0 Å². The van der Waals surface area contributed by atoms with Crippen LogP contribution >= 0.6 is 0 Å². The molecule has 0 spiro atoms. The second-order valence-electron chi connectivity index (χ2n) is 6.95. The Balaban J connectivity index is 1.63. The normalized spacial score (nSPS) is 10.3. The van der Waals surface area contributed by atoms with Gasteiger partial charge >= 0.3 is 0 Å². The molecule has 30 heavy (non-hydrogen) atoms. The van der Waals surface area contributed by atoms with Crippen LogP contribution in [0.15, 0.2) is 84.9 Å². The van der Waals surface area contributed by atoms with Crippen LogP contribution < -0.4 is 10.1 Å². The highest BCUT2D eigenvalue weighted by atomic mass is 16.5. The maximum absolute atomic E-state index is 12.9. The van der Waals surface area contributed by atoms with Gasteiger partial charge in [0, 0.05) is 18.7 Å². The summed E-state index contributed by atoms with van der Waals surface area (Å²) in [6, 6.07) is 26.8. The first-order valence-electron chi connectivity index (χ1n) is 9.93. The van der Waals surface area contributed by atoms with Gasteiger partial charge in [-0.05, 0) is 35.7 Å². The number of nitrogens with zero attached hydrogens (tertiary/aromatic N) is 1. The third-order valence-corrected chi connectivity index (χ3v) is 4.81. The maximum atomic E-state index is 12.9. The van der Waals surface area contributed by atoms with E-state index in [4.69, 9.17) is 4.74 Å². The minimum absolute atomic E-state index is 0.0579. The summed E-state index contributed by atoms with van der Waals surface area (Å²) >= 11 is 0. The fourth-order valence-corrected chi connectivity index (χ4v) is 3.14. The Morgan fingerprint density at radius 3 is 2.20 bits per heavy atom. The second-order valence-corrected chi connectivity index (χ2v) is 6.95. The molecule has 154 valence electrons. The summed E-state index contributed by atoms with van der Waals surface area (Å²) in [5, 5.41) is 2.73. The summed E-state index contributed by atoms with van der Waals surface area (Å²) in [5.74, 6) is 0.179. The first-order chi connectivity index (χ1) is 14.7. The van der Waals surface area contributed by atoms with Crippen molar-refractivity contribution in [3.8, 4) is 5.75 Å². The minimum Gasteiger partial charge on any atom is -0.497 e. The standard InChI is InChI=1S/C25H26N2O3/c1-30-23-14-8-13-22(17-23)25(29)26-18-24(28)27(19-21-11-6-3-7-12-21)16-15-20-9-4-2-5-10-20/h2-14,17H,15-16,18-19H2,1H3,(H,26,29). The van der Waals surface area contributed by atoms with E-state index in [-0.39, 0.29) is 18.4 Å². The zero-order valence-electron chi connectivity index (χ0n) is 17.1. The fraction of sp³-hybridized carbons (Fsp3) is 0.200. The van der Waals surface area contributed by atoms with Crippen LogP contribution in [0.1, 0.15) is 21.5 Å². The molecule has 0 heterocycles. The van der Waals surface area contributed by atoms with Crippen molar-refractivity contribution in [2.24, 2.45) is 0 Å². The first-order valence-corrected chi connectivity index (χ1v) is 9.93. The molecule has 2 amide bonds. The molecule has 0 unspecified atom stereocenters. The molecule has 0 atom stereocenters. The molecule has 0 fully saturated rings. The average Bonchev–Trinajstić information content (AvgIpc) is 2.81. The van der Waals surface area contributed by atoms with Crippen molar-refractivity contribution in [1.82, 2.24) is 10.2 Å². The lowest BCUT2D eigenvalue weighted by molar-refractivity contribution is -0.130. The van der Waals surface area contributed by atoms with E-state index >= 15 is 0 Å². The molecule has 0 bridgehead atoms. The predicted molar refractivity (Wildman–Crippen MR) is 117 cm³/mol. The van der Waals surface area contributed by atoms with Gasteiger partial charge in [0.25, 0.3) is 5.91 Å². The number of benzene rings is 3. The van der Waals surface area contributed by atoms with Crippen LogP contribution in [0.2, 0.25) is 0 Å². The lowest BCUT2D eigenvalue weighted by atomic mass is 10.1. The fourth-order valence-electron chi connectivity index (χ4n) is 3.14. The van der Waals surface area contributed by atoms with Crippen LogP contribution in [-0.4, -0.2) is 36.9 Å². The quantitative estimate of drug-likeness (QED) is 0.594. The molecule has 3 aromatic rings. The van der Waals surface area contributed by atoms with Gasteiger partial charge in [0.05, 0.1) is 13.7 Å². The topological polar surface area (TPSA) is 58.6 Å². The Labute approximate surface area is 177 Å². The minimum atomic E-state index is -0.301. The Hall–Kier alpha value is -3.60. The summed E-state index contributed by atoms with van der Waals surface area (Å²) in [6.45, 7) is 1.02. The van der Waals surface area contributed by atoms with Crippen molar-refractivity contribution in [3.63, 3.8) is 0 Å². The molecule has 5 heteroatoms. The van der Waals surface area contributed by atoms with E-state index in [1.807, 2.05) is 48.5 Å². The van der Waals surface area contributed by atoms with E-state index in [2.05, 4.69) is 17.4 Å². The molecule has 0 aliphatic heterocycles. The van der Waals surface area contributed by atoms with Gasteiger partial charge in [0.1, 0.15) is 5.75 Å². The average molecular weight is 402 g/mol. The van der Waals surface area contributed by atoms with Gasteiger partial charge in [-0.3, -0.25) is 9.59 Å². The summed E-state index contributed by atoms with van der Waals surface area (Å²) in [7, 11) is 1.55. The van der Waals surface area contributed by atoms with Crippen LogP contribution in [0.25, 0.3) is 0 Å². The van der Waals surface area contributed by atoms with Gasteiger partial charge in [-0.25, -0.2) is 0 Å². The van der Waals surface area contributed by atoms with Crippen molar-refractivity contribution < 1.29 is 14.3 Å². The molecule has 0 radical (unpaired) electrons. The lowest BCUT2D eigenvalue weighted by Crippen LogP contribution is -2.40. The van der Waals surface area contributed by atoms with E-state index in [1.165, 1.54) is 5.56 Å². The number of hydrogen-bond acceptors (Lipinski definition) is 3. The van der Waals surface area contributed by atoms with Gasteiger partial charge in [-0.15, -0.1) is 0 Å². The summed E-state index contributed by atoms with van der Waals surface area (Å²) in [4.78, 5) is 27.1. The Bertz CT molecular complexity index is 958. The first kappa shape index (κ1) is 21.1. The summed E-state index contributed by atoms with van der Waals surface area (Å²) in [5.41, 5.74) is 2.68. The smallest absolute Gasteiger partial charge is 0.251 e. The molecular formula is C25H26N2O3. The van der Waals surface area contributed by atoms with Gasteiger partial charge in [0.15, 0.2) is 0 Å². The highest BCUT2D eigenvalue weighted by Gasteiger charge is 2.16. The molecule has 0 aliphatic rings. The van der Waals surface area contributed by atoms with Gasteiger partial charge < -0.3 is 15.0 Å². The lowest BCUT2D eigenvalue weighted by Gasteiger charge is -2.23. The van der Waals surface area contributed by atoms with E-state index in [0.717, 1.165) is 12.0 Å². The van der Waals surface area contributed by atoms with Crippen molar-refractivity contribution in [1.29, 1.82) is 0 Å². The highest BCUT2D eigenvalue weighted by Crippen LogP contribution is 2.12. The Morgan fingerprint density at radius 1 is 0.867 bits per heavy atom. The van der Waals surface area contributed by atoms with Crippen LogP contribution in [-0.2, 0) is 17.8 Å². The number of hydrogen-bond donors (Lipinski definition) is 1. The molecule has 5 nitrogen and oxygen atoms in total. The van der Waals surface area contributed by atoms with E-state index in [9.17, 15) is 9.59 Å². The van der Waals surface area contributed by atoms with Crippen LogP contribution in [0.3, 0.4) is 0 Å². The second kappa shape index (κ2) is 10.8. The SMILES string of the molecule is COc1cccc(C(=O)NCC(=O)N(CCc2ccccc2)Cc2ccccc2)c1. The molecule has 0 aliphatic carbocycles. The van der Waals surface area contributed by atoms with Crippen LogP contribution in [0.5, 0.6) is 5.75 Å². The molecule has 0 saturated heterocycles. The number of carbonyl (C=O) groups excluding carboxylic acids is 2. The zero-order chi connectivity index (χ0) is 21.2. The summed E-state index contributed by atoms with van der Waals surface area (Å²) in [6.07, 6.45) is 0.753. The van der Waals surface area contributed by atoms with Gasteiger partial charge in [-0.1, -0.05) is 66.7 Å². The number of amides is 2. The van der Waals surface area contributed by atoms with Crippen molar-refractivity contribution in [2.45, 2.75) is 13.0 Å². The predicted octanol–water partition coefficient (Wildman–Crippen LogP) is 3.70. The van der Waals surface area contributed by atoms with Crippen molar-refractivity contribution >= 4 is 11.8 Å². The summed E-state index contributed by atoms with van der Waals surface area (Å²) < 4.78 is 5.15. The zero-order valence-corrected chi connectivity index (χ0v) is 17.1. The van der Waals surface area contributed by atoms with Gasteiger partial charge in [-0.2, -0.15) is 0 Å². The number of ether oxygens (including phenoxy) is 1. The Kier molecular flexibility index (Phi) is 7.61. The number of carbonyl (C=O) groups is 2. The molecule has 0 aromatic heterocycles. The molecule has 3 rings (SSSR count). The Morgan fingerprint density at radius 2 is 1.53 bits per heavy atom. The molecule has 1 N–H and O–H groups in total. The van der Waals surface area contributed by atoms with Crippen LogP contribution in [0.4, 0.5) is 0 Å². The largest absolute Gasteiger partial charge is 0.497 e. The number of methoxy groups -OCH3 is 1. The van der Waals surface area contributed by atoms with Crippen molar-refractivity contribution in [2.75, 3.05) is 20.2 Å². The molecule has 3 aromatic carbocycles. The monoisotopic (exact) mass is 402 g/mol. The van der Waals surface area contributed by atoms with E-state index in [0.29, 0.717) is 24.4 Å². The third kappa shape index (κ3) is 6.21. The molecule has 0 saturated carbocycles. The number of rotatable bonds is 9. The van der Waals surface area contributed by atoms with E-state index in [1.54, 1.807) is 36.3 Å².